The van der Waals surface area contributed by atoms with Crippen LogP contribution in [-0.2, 0) is 16.1 Å². The van der Waals surface area contributed by atoms with Crippen molar-refractivity contribution >= 4 is 17.6 Å². The van der Waals surface area contributed by atoms with Crippen molar-refractivity contribution in [1.29, 1.82) is 0 Å². The molecule has 0 aliphatic carbocycles. The molecule has 1 aliphatic heterocycles. The summed E-state index contributed by atoms with van der Waals surface area (Å²) in [6, 6.07) is 6.52. The molecule has 1 aromatic rings. The quantitative estimate of drug-likeness (QED) is 0.802. The Morgan fingerprint density at radius 3 is 2.61 bits per heavy atom. The van der Waals surface area contributed by atoms with Crippen LogP contribution in [0.25, 0.3) is 0 Å². The molecule has 3 amide bonds. The highest BCUT2D eigenvalue weighted by Gasteiger charge is 2.35. The molecule has 1 aliphatic rings. The summed E-state index contributed by atoms with van der Waals surface area (Å²) in [5, 5.41) is 2.61. The molecule has 18 heavy (non-hydrogen) atoms. The first-order valence-corrected chi connectivity index (χ1v) is 5.61. The fraction of sp³-hybridized carbons (Fsp3) is 0.333. The van der Waals surface area contributed by atoms with E-state index in [4.69, 9.17) is 10.5 Å². The van der Waals surface area contributed by atoms with Crippen LogP contribution in [0.2, 0.25) is 0 Å². The lowest BCUT2D eigenvalue weighted by atomic mass is 10.1. The van der Waals surface area contributed by atoms with E-state index >= 15 is 0 Å². The maximum atomic E-state index is 12.0. The Hall–Kier alpha value is -1.92. The van der Waals surface area contributed by atoms with Gasteiger partial charge in [0, 0.05) is 13.7 Å². The predicted molar refractivity (Wildman–Crippen MR) is 66.0 cm³/mol. The number of carbonyl (C=O) groups excluding carboxylic acids is 2. The molecule has 1 fully saturated rings. The highest BCUT2D eigenvalue weighted by Crippen LogP contribution is 2.19. The number of methoxy groups -OCH3 is 1. The Morgan fingerprint density at radius 1 is 1.39 bits per heavy atom. The van der Waals surface area contributed by atoms with Crippen molar-refractivity contribution in [2.75, 3.05) is 18.6 Å². The number of ether oxygens (including phenoxy) is 1. The Kier molecular flexibility index (Phi) is 3.59. The van der Waals surface area contributed by atoms with Gasteiger partial charge in [-0.2, -0.15) is 0 Å². The van der Waals surface area contributed by atoms with E-state index in [1.807, 2.05) is 0 Å². The van der Waals surface area contributed by atoms with Crippen molar-refractivity contribution in [2.45, 2.75) is 12.6 Å². The molecule has 6 nitrogen and oxygen atoms in total. The van der Waals surface area contributed by atoms with Crippen molar-refractivity contribution in [3.8, 4) is 0 Å². The normalized spacial score (nSPS) is 19.9. The number of benzene rings is 1. The monoisotopic (exact) mass is 249 g/mol. The third-order valence-electron chi connectivity index (χ3n) is 2.85. The average molecular weight is 249 g/mol. The first-order valence-electron chi connectivity index (χ1n) is 5.61. The Bertz CT molecular complexity index is 458. The van der Waals surface area contributed by atoms with Gasteiger partial charge in [0.25, 0.3) is 5.91 Å². The molecule has 0 bridgehead atoms. The summed E-state index contributed by atoms with van der Waals surface area (Å²) in [4.78, 5) is 24.9. The lowest BCUT2D eigenvalue weighted by Gasteiger charge is -2.30. The van der Waals surface area contributed by atoms with E-state index < -0.39 is 12.1 Å². The second kappa shape index (κ2) is 5.16. The highest BCUT2D eigenvalue weighted by molar-refractivity contribution is 6.17. The zero-order valence-electron chi connectivity index (χ0n) is 10.1. The number of nitrogens with zero attached hydrogens (tertiary/aromatic N) is 1. The largest absolute Gasteiger partial charge is 0.370 e. The van der Waals surface area contributed by atoms with Gasteiger partial charge in [0.1, 0.15) is 0 Å². The van der Waals surface area contributed by atoms with E-state index in [0.29, 0.717) is 12.2 Å². The van der Waals surface area contributed by atoms with Gasteiger partial charge in [0.2, 0.25) is 0 Å². The number of urea groups is 1. The van der Waals surface area contributed by atoms with Crippen LogP contribution in [0.5, 0.6) is 0 Å². The molecular formula is C12H15N3O3. The van der Waals surface area contributed by atoms with Gasteiger partial charge in [-0.1, -0.05) is 12.1 Å². The molecule has 1 atom stereocenters. The van der Waals surface area contributed by atoms with Crippen molar-refractivity contribution in [3.05, 3.63) is 29.8 Å². The molecule has 0 radical (unpaired) electrons. The van der Waals surface area contributed by atoms with E-state index in [0.717, 1.165) is 10.5 Å². The standard InChI is InChI=1S/C12H15N3O3/c1-18-10-7-14-12(17)15(11(10)16)9-4-2-8(6-13)3-5-9/h2-5,10H,6-7,13H2,1H3,(H,14,17). The van der Waals surface area contributed by atoms with E-state index in [1.165, 1.54) is 7.11 Å². The van der Waals surface area contributed by atoms with Crippen LogP contribution in [0, 0.1) is 0 Å². The second-order valence-corrected chi connectivity index (χ2v) is 3.95. The van der Waals surface area contributed by atoms with Gasteiger partial charge < -0.3 is 15.8 Å². The van der Waals surface area contributed by atoms with Crippen LogP contribution < -0.4 is 16.0 Å². The predicted octanol–water partition coefficient (Wildman–Crippen LogP) is 0.216. The summed E-state index contributed by atoms with van der Waals surface area (Å²) >= 11 is 0. The van der Waals surface area contributed by atoms with E-state index in [9.17, 15) is 9.59 Å². The first-order chi connectivity index (χ1) is 8.67. The van der Waals surface area contributed by atoms with Gasteiger partial charge in [-0.15, -0.1) is 0 Å². The summed E-state index contributed by atoms with van der Waals surface area (Å²) in [6.45, 7) is 0.618. The van der Waals surface area contributed by atoms with Crippen LogP contribution in [0.4, 0.5) is 10.5 Å². The molecule has 0 aromatic heterocycles. The summed E-state index contributed by atoms with van der Waals surface area (Å²) < 4.78 is 5.02. The first kappa shape index (κ1) is 12.5. The van der Waals surface area contributed by atoms with E-state index in [-0.39, 0.29) is 12.5 Å². The summed E-state index contributed by atoms with van der Waals surface area (Å²) in [5.74, 6) is -0.359. The Labute approximate surface area is 105 Å². The van der Waals surface area contributed by atoms with E-state index in [2.05, 4.69) is 5.32 Å². The lowest BCUT2D eigenvalue weighted by molar-refractivity contribution is -0.128. The number of rotatable bonds is 3. The minimum absolute atomic E-state index is 0.200. The van der Waals surface area contributed by atoms with Gasteiger partial charge in [-0.25, -0.2) is 9.69 Å². The minimum Gasteiger partial charge on any atom is -0.370 e. The smallest absolute Gasteiger partial charge is 0.328 e. The van der Waals surface area contributed by atoms with Gasteiger partial charge in [0.05, 0.1) is 12.2 Å². The fourth-order valence-corrected chi connectivity index (χ4v) is 1.80. The van der Waals surface area contributed by atoms with Crippen molar-refractivity contribution in [2.24, 2.45) is 5.73 Å². The fourth-order valence-electron chi connectivity index (χ4n) is 1.80. The van der Waals surface area contributed by atoms with Crippen LogP contribution in [0.1, 0.15) is 5.56 Å². The SMILES string of the molecule is COC1CNC(=O)N(c2ccc(CN)cc2)C1=O. The third-order valence-corrected chi connectivity index (χ3v) is 2.85. The Morgan fingerprint density at radius 2 is 2.06 bits per heavy atom. The number of hydrogen-bond donors (Lipinski definition) is 2. The van der Waals surface area contributed by atoms with Crippen LogP contribution in [0.3, 0.4) is 0 Å². The zero-order chi connectivity index (χ0) is 13.1. The third kappa shape index (κ3) is 2.20. The molecule has 96 valence electrons. The molecule has 1 heterocycles. The Balaban J connectivity index is 2.28. The number of hydrogen-bond acceptors (Lipinski definition) is 4. The molecule has 0 saturated carbocycles. The molecule has 3 N–H and O–H groups in total. The van der Waals surface area contributed by atoms with Crippen LogP contribution >= 0.6 is 0 Å². The highest BCUT2D eigenvalue weighted by atomic mass is 16.5. The minimum atomic E-state index is -0.642. The zero-order valence-corrected chi connectivity index (χ0v) is 10.1. The number of nitrogens with two attached hydrogens (primary N) is 1. The van der Waals surface area contributed by atoms with Crippen LogP contribution in [-0.4, -0.2) is 31.7 Å². The van der Waals surface area contributed by atoms with Crippen molar-refractivity contribution < 1.29 is 14.3 Å². The molecule has 2 rings (SSSR count). The number of amides is 3. The second-order valence-electron chi connectivity index (χ2n) is 3.95. The van der Waals surface area contributed by atoms with Crippen molar-refractivity contribution in [1.82, 2.24) is 5.32 Å². The molecule has 1 aromatic carbocycles. The lowest BCUT2D eigenvalue weighted by Crippen LogP contribution is -2.58. The van der Waals surface area contributed by atoms with Crippen molar-refractivity contribution in [3.63, 3.8) is 0 Å². The molecule has 1 saturated heterocycles. The van der Waals surface area contributed by atoms with Gasteiger partial charge in [-0.3, -0.25) is 4.79 Å². The summed E-state index contributed by atoms with van der Waals surface area (Å²) in [7, 11) is 1.44. The van der Waals surface area contributed by atoms with E-state index in [1.54, 1.807) is 24.3 Å². The average Bonchev–Trinajstić information content (AvgIpc) is 2.40. The number of carbonyl (C=O) groups is 2. The maximum Gasteiger partial charge on any atom is 0.328 e. The van der Waals surface area contributed by atoms with Gasteiger partial charge in [0.15, 0.2) is 6.10 Å². The van der Waals surface area contributed by atoms with Gasteiger partial charge >= 0.3 is 6.03 Å². The molecule has 0 spiro atoms. The number of anilines is 1. The number of nitrogens with one attached hydrogen (secondary N) is 1. The maximum absolute atomic E-state index is 12.0. The topological polar surface area (TPSA) is 84.7 Å². The number of imide groups is 1. The van der Waals surface area contributed by atoms with Gasteiger partial charge in [-0.05, 0) is 17.7 Å². The summed E-state index contributed by atoms with van der Waals surface area (Å²) in [6.07, 6.45) is -0.642. The summed E-state index contributed by atoms with van der Waals surface area (Å²) in [5.41, 5.74) is 6.94. The van der Waals surface area contributed by atoms with Crippen LogP contribution in [0.15, 0.2) is 24.3 Å². The molecule has 1 unspecified atom stereocenters. The molecular weight excluding hydrogens is 234 g/mol. The molecule has 6 heteroatoms.